The fraction of sp³-hybridized carbons (Fsp3) is 0.333. The van der Waals surface area contributed by atoms with Gasteiger partial charge in [-0.1, -0.05) is 23.5 Å². The van der Waals surface area contributed by atoms with Gasteiger partial charge in [0.15, 0.2) is 0 Å². The molecule has 0 saturated heterocycles. The van der Waals surface area contributed by atoms with Gasteiger partial charge in [0.25, 0.3) is 0 Å². The van der Waals surface area contributed by atoms with Crippen LogP contribution in [0.3, 0.4) is 0 Å². The van der Waals surface area contributed by atoms with Gasteiger partial charge in [0, 0.05) is 12.7 Å². The van der Waals surface area contributed by atoms with E-state index >= 15 is 0 Å². The molecule has 1 aromatic carbocycles. The summed E-state index contributed by atoms with van der Waals surface area (Å²) in [5.74, 6) is 0. The third-order valence-electron chi connectivity index (χ3n) is 2.93. The number of halogens is 3. The van der Waals surface area contributed by atoms with E-state index in [1.165, 1.54) is 0 Å². The van der Waals surface area contributed by atoms with Gasteiger partial charge in [-0.2, -0.15) is 13.2 Å². The number of hydrogen-bond donors (Lipinski definition) is 1. The Labute approximate surface area is 118 Å². The molecule has 20 heavy (non-hydrogen) atoms. The van der Waals surface area contributed by atoms with Crippen LogP contribution in [0.15, 0.2) is 24.3 Å². The van der Waals surface area contributed by atoms with Crippen LogP contribution in [0.2, 0.25) is 0 Å². The monoisotopic (exact) mass is 302 g/mol. The molecule has 0 radical (unpaired) electrons. The Bertz CT molecular complexity index is 596. The van der Waals surface area contributed by atoms with E-state index < -0.39 is 11.2 Å². The highest BCUT2D eigenvalue weighted by Crippen LogP contribution is 2.36. The minimum Gasteiger partial charge on any atom is -0.399 e. The Morgan fingerprint density at radius 3 is 2.55 bits per heavy atom. The van der Waals surface area contributed by atoms with Crippen molar-refractivity contribution in [2.24, 2.45) is 0 Å². The Morgan fingerprint density at radius 1 is 1.30 bits per heavy atom. The molecule has 8 heteroatoms. The zero-order chi connectivity index (χ0) is 14.9. The molecule has 0 fully saturated rings. The van der Waals surface area contributed by atoms with Crippen LogP contribution in [0, 0.1) is 0 Å². The highest BCUT2D eigenvalue weighted by molar-refractivity contribution is 7.15. The van der Waals surface area contributed by atoms with Crippen LogP contribution in [0.25, 0.3) is 0 Å². The molecule has 0 bridgehead atoms. The van der Waals surface area contributed by atoms with E-state index in [0.29, 0.717) is 17.0 Å². The lowest BCUT2D eigenvalue weighted by Gasteiger charge is -2.24. The van der Waals surface area contributed by atoms with Crippen molar-refractivity contribution in [1.29, 1.82) is 0 Å². The number of hydrogen-bond acceptors (Lipinski definition) is 5. The lowest BCUT2D eigenvalue weighted by atomic mass is 10.1. The van der Waals surface area contributed by atoms with Gasteiger partial charge in [-0.15, -0.1) is 10.2 Å². The summed E-state index contributed by atoms with van der Waals surface area (Å²) < 4.78 is 37.5. The molecule has 1 atom stereocenters. The third-order valence-corrected chi connectivity index (χ3v) is 3.99. The van der Waals surface area contributed by atoms with Crippen LogP contribution in [-0.2, 0) is 6.18 Å². The Morgan fingerprint density at radius 2 is 2.00 bits per heavy atom. The molecule has 0 aliphatic heterocycles. The Balaban J connectivity index is 2.22. The van der Waals surface area contributed by atoms with E-state index in [2.05, 4.69) is 10.2 Å². The molecule has 0 aliphatic rings. The van der Waals surface area contributed by atoms with Gasteiger partial charge >= 0.3 is 6.18 Å². The minimum absolute atomic E-state index is 0.160. The van der Waals surface area contributed by atoms with E-state index in [0.717, 1.165) is 5.56 Å². The zero-order valence-corrected chi connectivity index (χ0v) is 11.7. The first-order valence-electron chi connectivity index (χ1n) is 5.78. The normalized spacial score (nSPS) is 13.2. The molecule has 1 aromatic heterocycles. The van der Waals surface area contributed by atoms with Gasteiger partial charge in [0.05, 0.1) is 6.04 Å². The lowest BCUT2D eigenvalue weighted by molar-refractivity contribution is -0.138. The standard InChI is InChI=1S/C12H13F3N4S/c1-7(8-4-3-5-9(16)6-8)19(2)11-18-17-10(20-11)12(13,14)15/h3-7H,16H2,1-2H3. The predicted octanol–water partition coefficient (Wildman–Crippen LogP) is 3.34. The van der Waals surface area contributed by atoms with E-state index in [-0.39, 0.29) is 11.2 Å². The molecular weight excluding hydrogens is 289 g/mol. The maximum absolute atomic E-state index is 12.5. The molecule has 2 aromatic rings. The maximum Gasteiger partial charge on any atom is 0.445 e. The van der Waals surface area contributed by atoms with Crippen molar-refractivity contribution < 1.29 is 13.2 Å². The van der Waals surface area contributed by atoms with Crippen LogP contribution in [-0.4, -0.2) is 17.2 Å². The molecule has 0 aliphatic carbocycles. The van der Waals surface area contributed by atoms with Gasteiger partial charge in [-0.3, -0.25) is 0 Å². The minimum atomic E-state index is -4.46. The van der Waals surface area contributed by atoms with Gasteiger partial charge in [-0.05, 0) is 24.6 Å². The maximum atomic E-state index is 12.5. The first kappa shape index (κ1) is 14.6. The molecule has 108 valence electrons. The van der Waals surface area contributed by atoms with Crippen LogP contribution >= 0.6 is 11.3 Å². The number of aromatic nitrogens is 2. The van der Waals surface area contributed by atoms with Gasteiger partial charge in [-0.25, -0.2) is 0 Å². The molecule has 1 heterocycles. The molecule has 2 N–H and O–H groups in total. The second kappa shape index (κ2) is 5.28. The second-order valence-corrected chi connectivity index (χ2v) is 5.30. The SMILES string of the molecule is CC(c1cccc(N)c1)N(C)c1nnc(C(F)(F)F)s1. The summed E-state index contributed by atoms with van der Waals surface area (Å²) >= 11 is 0.523. The largest absolute Gasteiger partial charge is 0.445 e. The third kappa shape index (κ3) is 3.01. The highest BCUT2D eigenvalue weighted by Gasteiger charge is 2.36. The van der Waals surface area contributed by atoms with E-state index in [9.17, 15) is 13.2 Å². The number of benzene rings is 1. The average molecular weight is 302 g/mol. The Hall–Kier alpha value is -1.83. The fourth-order valence-electron chi connectivity index (χ4n) is 1.68. The number of nitrogens with zero attached hydrogens (tertiary/aromatic N) is 3. The summed E-state index contributed by atoms with van der Waals surface area (Å²) in [6.45, 7) is 1.86. The predicted molar refractivity (Wildman–Crippen MR) is 72.6 cm³/mol. The number of alkyl halides is 3. The topological polar surface area (TPSA) is 55.0 Å². The molecule has 0 spiro atoms. The van der Waals surface area contributed by atoms with E-state index in [1.54, 1.807) is 30.1 Å². The zero-order valence-electron chi connectivity index (χ0n) is 10.8. The van der Waals surface area contributed by atoms with Crippen molar-refractivity contribution in [3.05, 3.63) is 34.8 Å². The van der Waals surface area contributed by atoms with Gasteiger partial charge in [0.1, 0.15) is 0 Å². The van der Waals surface area contributed by atoms with Crippen LogP contribution in [0.1, 0.15) is 23.5 Å². The number of rotatable bonds is 3. The Kier molecular flexibility index (Phi) is 3.85. The summed E-state index contributed by atoms with van der Waals surface area (Å²) in [6.07, 6.45) is -4.46. The summed E-state index contributed by atoms with van der Waals surface area (Å²) in [6, 6.07) is 7.04. The van der Waals surface area contributed by atoms with Crippen LogP contribution in [0.5, 0.6) is 0 Å². The summed E-state index contributed by atoms with van der Waals surface area (Å²) in [4.78, 5) is 1.64. The quantitative estimate of drug-likeness (QED) is 0.884. The average Bonchev–Trinajstić information content (AvgIpc) is 2.86. The molecule has 2 rings (SSSR count). The first-order chi connectivity index (χ1) is 9.29. The highest BCUT2D eigenvalue weighted by atomic mass is 32.1. The summed E-state index contributed by atoms with van der Waals surface area (Å²) in [7, 11) is 1.68. The molecule has 1 unspecified atom stereocenters. The van der Waals surface area contributed by atoms with E-state index in [4.69, 9.17) is 5.73 Å². The van der Waals surface area contributed by atoms with Crippen LogP contribution in [0.4, 0.5) is 24.0 Å². The fourth-order valence-corrected chi connectivity index (χ4v) is 2.43. The molecule has 0 amide bonds. The number of nitrogen functional groups attached to an aromatic ring is 1. The summed E-state index contributed by atoms with van der Waals surface area (Å²) in [5, 5.41) is 6.04. The van der Waals surface area contributed by atoms with Gasteiger partial charge < -0.3 is 10.6 Å². The van der Waals surface area contributed by atoms with Crippen LogP contribution < -0.4 is 10.6 Å². The van der Waals surface area contributed by atoms with E-state index in [1.807, 2.05) is 13.0 Å². The summed E-state index contributed by atoms with van der Waals surface area (Å²) in [5.41, 5.74) is 7.21. The number of nitrogens with two attached hydrogens (primary N) is 1. The van der Waals surface area contributed by atoms with Gasteiger partial charge in [0.2, 0.25) is 10.1 Å². The molecule has 4 nitrogen and oxygen atoms in total. The smallest absolute Gasteiger partial charge is 0.399 e. The van der Waals surface area contributed by atoms with Crippen molar-refractivity contribution in [3.8, 4) is 0 Å². The van der Waals surface area contributed by atoms with Crippen molar-refractivity contribution in [2.45, 2.75) is 19.1 Å². The van der Waals surface area contributed by atoms with Crippen molar-refractivity contribution in [3.63, 3.8) is 0 Å². The number of anilines is 2. The molecule has 0 saturated carbocycles. The van der Waals surface area contributed by atoms with Crippen molar-refractivity contribution >= 4 is 22.2 Å². The first-order valence-corrected chi connectivity index (χ1v) is 6.59. The van der Waals surface area contributed by atoms with Crippen molar-refractivity contribution in [1.82, 2.24) is 10.2 Å². The lowest BCUT2D eigenvalue weighted by Crippen LogP contribution is -2.21. The second-order valence-electron chi connectivity index (χ2n) is 4.34. The van der Waals surface area contributed by atoms with Crippen molar-refractivity contribution in [2.75, 3.05) is 17.7 Å². The molecular formula is C12H13F3N4S.